The average Bonchev–Trinajstić information content (AvgIpc) is 2.49. The fourth-order valence-corrected chi connectivity index (χ4v) is 1.90. The van der Waals surface area contributed by atoms with Gasteiger partial charge in [0.2, 0.25) is 0 Å². The SMILES string of the molecule is CSc1cc2nc[nH]c2cc1C. The molecule has 0 spiro atoms. The Morgan fingerprint density at radius 3 is 3.00 bits per heavy atom. The fraction of sp³-hybridized carbons (Fsp3) is 0.222. The molecule has 12 heavy (non-hydrogen) atoms. The normalized spacial score (nSPS) is 10.8. The standard InChI is InChI=1S/C9H10N2S/c1-6-3-7-8(11-5-10-7)4-9(6)12-2/h3-5H,1-2H3,(H,10,11). The fourth-order valence-electron chi connectivity index (χ4n) is 1.29. The van der Waals surface area contributed by atoms with Gasteiger partial charge >= 0.3 is 0 Å². The van der Waals surface area contributed by atoms with E-state index >= 15 is 0 Å². The molecule has 0 aliphatic rings. The largest absolute Gasteiger partial charge is 0.345 e. The maximum absolute atomic E-state index is 4.20. The molecule has 0 atom stereocenters. The summed E-state index contributed by atoms with van der Waals surface area (Å²) in [5.74, 6) is 0. The zero-order chi connectivity index (χ0) is 8.55. The smallest absolute Gasteiger partial charge is 0.0931 e. The number of hydrogen-bond acceptors (Lipinski definition) is 2. The summed E-state index contributed by atoms with van der Waals surface area (Å²) < 4.78 is 0. The number of aromatic nitrogens is 2. The highest BCUT2D eigenvalue weighted by Gasteiger charge is 2.00. The van der Waals surface area contributed by atoms with Crippen LogP contribution in [0.3, 0.4) is 0 Å². The maximum Gasteiger partial charge on any atom is 0.0931 e. The van der Waals surface area contributed by atoms with Gasteiger partial charge in [0.05, 0.1) is 17.4 Å². The molecule has 0 fully saturated rings. The number of imidazole rings is 1. The summed E-state index contributed by atoms with van der Waals surface area (Å²) in [6.07, 6.45) is 3.81. The van der Waals surface area contributed by atoms with Crippen LogP contribution in [0.1, 0.15) is 5.56 Å². The molecule has 1 aromatic heterocycles. The summed E-state index contributed by atoms with van der Waals surface area (Å²) >= 11 is 1.76. The summed E-state index contributed by atoms with van der Waals surface area (Å²) in [6.45, 7) is 2.12. The number of H-pyrrole nitrogens is 1. The Labute approximate surface area is 75.4 Å². The Hall–Kier alpha value is -0.960. The zero-order valence-corrected chi connectivity index (χ0v) is 7.90. The number of thioether (sulfide) groups is 1. The molecule has 0 saturated heterocycles. The molecule has 3 heteroatoms. The second kappa shape index (κ2) is 2.83. The van der Waals surface area contributed by atoms with Gasteiger partial charge in [0, 0.05) is 4.90 Å². The number of fused-ring (bicyclic) bond motifs is 1. The van der Waals surface area contributed by atoms with Crippen LogP contribution in [0.2, 0.25) is 0 Å². The van der Waals surface area contributed by atoms with Gasteiger partial charge in [-0.2, -0.15) is 0 Å². The van der Waals surface area contributed by atoms with Gasteiger partial charge in [-0.05, 0) is 30.9 Å². The Kier molecular flexibility index (Phi) is 1.81. The van der Waals surface area contributed by atoms with Gasteiger partial charge in [-0.1, -0.05) is 0 Å². The Balaban J connectivity index is 2.73. The predicted molar refractivity (Wildman–Crippen MR) is 52.6 cm³/mol. The van der Waals surface area contributed by atoms with Crippen LogP contribution in [0.25, 0.3) is 11.0 Å². The molecular formula is C9H10N2S. The number of aromatic amines is 1. The van der Waals surface area contributed by atoms with Crippen molar-refractivity contribution >= 4 is 22.8 Å². The third-order valence-electron chi connectivity index (χ3n) is 1.94. The molecule has 2 nitrogen and oxygen atoms in total. The lowest BCUT2D eigenvalue weighted by Gasteiger charge is -2.00. The molecule has 0 aliphatic heterocycles. The van der Waals surface area contributed by atoms with Crippen molar-refractivity contribution in [2.45, 2.75) is 11.8 Å². The monoisotopic (exact) mass is 178 g/mol. The number of nitrogens with zero attached hydrogens (tertiary/aromatic N) is 1. The highest BCUT2D eigenvalue weighted by atomic mass is 32.2. The third kappa shape index (κ3) is 1.10. The lowest BCUT2D eigenvalue weighted by Crippen LogP contribution is -1.79. The number of rotatable bonds is 1. The molecule has 1 aromatic carbocycles. The lowest BCUT2D eigenvalue weighted by atomic mass is 10.2. The van der Waals surface area contributed by atoms with Gasteiger partial charge in [0.25, 0.3) is 0 Å². The molecule has 2 aromatic rings. The quantitative estimate of drug-likeness (QED) is 0.680. The van der Waals surface area contributed by atoms with Crippen molar-refractivity contribution in [3.63, 3.8) is 0 Å². The van der Waals surface area contributed by atoms with Crippen LogP contribution in [0.15, 0.2) is 23.4 Å². The van der Waals surface area contributed by atoms with Crippen molar-refractivity contribution in [2.24, 2.45) is 0 Å². The molecule has 62 valence electrons. The van der Waals surface area contributed by atoms with Gasteiger partial charge < -0.3 is 4.98 Å². The van der Waals surface area contributed by atoms with Gasteiger partial charge in [0.1, 0.15) is 0 Å². The van der Waals surface area contributed by atoms with Crippen molar-refractivity contribution in [3.8, 4) is 0 Å². The van der Waals surface area contributed by atoms with Crippen molar-refractivity contribution < 1.29 is 0 Å². The minimum atomic E-state index is 1.05. The first-order valence-corrected chi connectivity index (χ1v) is 5.01. The van der Waals surface area contributed by atoms with E-state index in [4.69, 9.17) is 0 Å². The van der Waals surface area contributed by atoms with Gasteiger partial charge in [0.15, 0.2) is 0 Å². The topological polar surface area (TPSA) is 28.7 Å². The highest BCUT2D eigenvalue weighted by molar-refractivity contribution is 7.98. The zero-order valence-electron chi connectivity index (χ0n) is 7.09. The number of hydrogen-bond donors (Lipinski definition) is 1. The van der Waals surface area contributed by atoms with Gasteiger partial charge in [-0.15, -0.1) is 11.8 Å². The summed E-state index contributed by atoms with van der Waals surface area (Å²) in [7, 11) is 0. The van der Waals surface area contributed by atoms with Crippen molar-refractivity contribution in [2.75, 3.05) is 6.26 Å². The first-order valence-electron chi connectivity index (χ1n) is 3.79. The molecule has 0 unspecified atom stereocenters. The van der Waals surface area contributed by atoms with Crippen LogP contribution in [0.5, 0.6) is 0 Å². The average molecular weight is 178 g/mol. The van der Waals surface area contributed by atoms with Crippen LogP contribution in [-0.2, 0) is 0 Å². The summed E-state index contributed by atoms with van der Waals surface area (Å²) in [6, 6.07) is 4.25. The van der Waals surface area contributed by atoms with E-state index < -0.39 is 0 Å². The van der Waals surface area contributed by atoms with E-state index in [1.54, 1.807) is 18.1 Å². The van der Waals surface area contributed by atoms with Crippen molar-refractivity contribution in [3.05, 3.63) is 24.0 Å². The van der Waals surface area contributed by atoms with Gasteiger partial charge in [-0.3, -0.25) is 0 Å². The van der Waals surface area contributed by atoms with Crippen molar-refractivity contribution in [1.82, 2.24) is 9.97 Å². The molecule has 1 N–H and O–H groups in total. The van der Waals surface area contributed by atoms with Gasteiger partial charge in [-0.25, -0.2) is 4.98 Å². The third-order valence-corrected chi connectivity index (χ3v) is 2.82. The van der Waals surface area contributed by atoms with E-state index in [2.05, 4.69) is 35.3 Å². The number of benzene rings is 1. The Morgan fingerprint density at radius 2 is 2.25 bits per heavy atom. The second-order valence-electron chi connectivity index (χ2n) is 2.74. The molecule has 0 aliphatic carbocycles. The number of aryl methyl sites for hydroxylation is 1. The first-order chi connectivity index (χ1) is 5.81. The minimum absolute atomic E-state index is 1.05. The van der Waals surface area contributed by atoms with Crippen LogP contribution in [0.4, 0.5) is 0 Å². The summed E-state index contributed by atoms with van der Waals surface area (Å²) in [5.41, 5.74) is 3.47. The molecular weight excluding hydrogens is 168 g/mol. The minimum Gasteiger partial charge on any atom is -0.345 e. The highest BCUT2D eigenvalue weighted by Crippen LogP contribution is 2.23. The second-order valence-corrected chi connectivity index (χ2v) is 3.59. The van der Waals surface area contributed by atoms with E-state index in [9.17, 15) is 0 Å². The maximum atomic E-state index is 4.20. The lowest BCUT2D eigenvalue weighted by molar-refractivity contribution is 1.32. The van der Waals surface area contributed by atoms with E-state index in [0.29, 0.717) is 0 Å². The summed E-state index contributed by atoms with van der Waals surface area (Å²) in [4.78, 5) is 8.59. The predicted octanol–water partition coefficient (Wildman–Crippen LogP) is 2.59. The molecule has 2 rings (SSSR count). The van der Waals surface area contributed by atoms with E-state index in [1.165, 1.54) is 10.5 Å². The van der Waals surface area contributed by atoms with Crippen molar-refractivity contribution in [1.29, 1.82) is 0 Å². The van der Waals surface area contributed by atoms with Crippen LogP contribution in [-0.4, -0.2) is 16.2 Å². The van der Waals surface area contributed by atoms with E-state index in [-0.39, 0.29) is 0 Å². The number of nitrogens with one attached hydrogen (secondary N) is 1. The first kappa shape index (κ1) is 7.68. The molecule has 1 heterocycles. The van der Waals surface area contributed by atoms with Crippen LogP contribution >= 0.6 is 11.8 Å². The van der Waals surface area contributed by atoms with Crippen LogP contribution < -0.4 is 0 Å². The van der Waals surface area contributed by atoms with Crippen LogP contribution in [0, 0.1) is 6.92 Å². The Morgan fingerprint density at radius 1 is 1.42 bits per heavy atom. The summed E-state index contributed by atoms with van der Waals surface area (Å²) in [5, 5.41) is 0. The molecule has 0 bridgehead atoms. The Bertz CT molecular complexity index is 406. The molecule has 0 radical (unpaired) electrons. The molecule has 0 amide bonds. The molecule has 0 saturated carbocycles. The van der Waals surface area contributed by atoms with E-state index in [1.807, 2.05) is 0 Å². The van der Waals surface area contributed by atoms with E-state index in [0.717, 1.165) is 11.0 Å².